The molecule has 9 heteroatoms. The molecule has 1 aromatic carbocycles. The first kappa shape index (κ1) is 13.2. The molecule has 1 rings (SSSR count). The second-order valence-corrected chi connectivity index (χ2v) is 3.10. The van der Waals surface area contributed by atoms with Crippen molar-refractivity contribution in [1.29, 1.82) is 0 Å². The van der Waals surface area contributed by atoms with E-state index in [2.05, 4.69) is 4.74 Å². The summed E-state index contributed by atoms with van der Waals surface area (Å²) >= 11 is 5.04. The van der Waals surface area contributed by atoms with Crippen LogP contribution in [-0.2, 0) is 0 Å². The maximum absolute atomic E-state index is 11.9. The SMILES string of the molecule is O=C(Cl)c1ccc(OC(F)(F)F)c([N+](=O)[O-])c1. The minimum atomic E-state index is -5.06. The van der Waals surface area contributed by atoms with Crippen LogP contribution in [0.3, 0.4) is 0 Å². The van der Waals surface area contributed by atoms with Crippen molar-refractivity contribution in [2.45, 2.75) is 6.36 Å². The quantitative estimate of drug-likeness (QED) is 0.480. The van der Waals surface area contributed by atoms with Gasteiger partial charge in [-0.15, -0.1) is 13.2 Å². The number of nitro groups is 1. The number of carbonyl (C=O) groups is 1. The lowest BCUT2D eigenvalue weighted by Gasteiger charge is -2.09. The number of ether oxygens (including phenoxy) is 1. The second kappa shape index (κ2) is 4.58. The Hall–Kier alpha value is -1.83. The van der Waals surface area contributed by atoms with Crippen LogP contribution in [0.1, 0.15) is 10.4 Å². The first-order valence-electron chi connectivity index (χ1n) is 3.95. The molecule has 0 aliphatic rings. The van der Waals surface area contributed by atoms with Gasteiger partial charge in [0.15, 0.2) is 0 Å². The molecule has 0 amide bonds. The number of hydrogen-bond donors (Lipinski definition) is 0. The first-order valence-corrected chi connectivity index (χ1v) is 4.32. The molecule has 0 bridgehead atoms. The number of nitrogens with zero attached hydrogens (tertiary/aromatic N) is 1. The zero-order valence-electron chi connectivity index (χ0n) is 7.82. The molecule has 0 atom stereocenters. The predicted octanol–water partition coefficient (Wildman–Crippen LogP) is 2.87. The van der Waals surface area contributed by atoms with Crippen LogP contribution in [0.2, 0.25) is 0 Å². The Morgan fingerprint density at radius 2 is 2.00 bits per heavy atom. The average molecular weight is 270 g/mol. The molecule has 0 saturated heterocycles. The van der Waals surface area contributed by atoms with Crippen molar-refractivity contribution < 1.29 is 27.6 Å². The number of benzene rings is 1. The Balaban J connectivity index is 3.23. The molecule has 17 heavy (non-hydrogen) atoms. The van der Waals surface area contributed by atoms with Crippen LogP contribution in [0.4, 0.5) is 18.9 Å². The van der Waals surface area contributed by atoms with Gasteiger partial charge in [0, 0.05) is 11.6 Å². The normalized spacial score (nSPS) is 11.1. The maximum atomic E-state index is 11.9. The Kier molecular flexibility index (Phi) is 3.56. The zero-order valence-corrected chi connectivity index (χ0v) is 8.58. The van der Waals surface area contributed by atoms with Crippen molar-refractivity contribution in [3.8, 4) is 5.75 Å². The average Bonchev–Trinajstić information content (AvgIpc) is 2.14. The Labute approximate surface area is 96.9 Å². The number of rotatable bonds is 3. The van der Waals surface area contributed by atoms with Crippen LogP contribution < -0.4 is 4.74 Å². The van der Waals surface area contributed by atoms with E-state index in [1.54, 1.807) is 0 Å². The summed E-state index contributed by atoms with van der Waals surface area (Å²) in [5.74, 6) is -1.01. The summed E-state index contributed by atoms with van der Waals surface area (Å²) in [6.45, 7) is 0. The molecule has 0 fully saturated rings. The van der Waals surface area contributed by atoms with Gasteiger partial charge < -0.3 is 4.74 Å². The minimum absolute atomic E-state index is 0.298. The van der Waals surface area contributed by atoms with Crippen molar-refractivity contribution in [2.24, 2.45) is 0 Å². The molecule has 92 valence electrons. The number of hydrogen-bond acceptors (Lipinski definition) is 4. The fourth-order valence-electron chi connectivity index (χ4n) is 0.993. The van der Waals surface area contributed by atoms with Crippen LogP contribution in [0, 0.1) is 10.1 Å². The molecule has 0 aromatic heterocycles. The van der Waals surface area contributed by atoms with Gasteiger partial charge in [0.1, 0.15) is 0 Å². The van der Waals surface area contributed by atoms with Gasteiger partial charge in [-0.05, 0) is 23.7 Å². The summed E-state index contributed by atoms with van der Waals surface area (Å²) < 4.78 is 39.2. The highest BCUT2D eigenvalue weighted by Crippen LogP contribution is 2.32. The molecule has 1 aromatic rings. The van der Waals surface area contributed by atoms with E-state index in [-0.39, 0.29) is 5.56 Å². The Morgan fingerprint density at radius 1 is 1.41 bits per heavy atom. The molecular formula is C8H3ClF3NO4. The number of carbonyl (C=O) groups excluding carboxylic acids is 1. The van der Waals surface area contributed by atoms with Crippen LogP contribution >= 0.6 is 11.6 Å². The van der Waals surface area contributed by atoms with Crippen molar-refractivity contribution >= 4 is 22.5 Å². The van der Waals surface area contributed by atoms with E-state index in [0.29, 0.717) is 12.1 Å². The van der Waals surface area contributed by atoms with Crippen molar-refractivity contribution in [1.82, 2.24) is 0 Å². The summed E-state index contributed by atoms with van der Waals surface area (Å²) in [4.78, 5) is 20.1. The van der Waals surface area contributed by atoms with Gasteiger partial charge in [-0.3, -0.25) is 14.9 Å². The van der Waals surface area contributed by atoms with Gasteiger partial charge in [-0.25, -0.2) is 0 Å². The van der Waals surface area contributed by atoms with Crippen LogP contribution in [0.25, 0.3) is 0 Å². The van der Waals surface area contributed by atoms with E-state index < -0.39 is 28.0 Å². The van der Waals surface area contributed by atoms with Crippen molar-refractivity contribution in [3.05, 3.63) is 33.9 Å². The second-order valence-electron chi connectivity index (χ2n) is 2.76. The monoisotopic (exact) mass is 269 g/mol. The maximum Gasteiger partial charge on any atom is 0.573 e. The third-order valence-corrected chi connectivity index (χ3v) is 1.83. The molecule has 0 radical (unpaired) electrons. The lowest BCUT2D eigenvalue weighted by atomic mass is 10.2. The van der Waals surface area contributed by atoms with Gasteiger partial charge in [-0.2, -0.15) is 0 Å². The number of nitro benzene ring substituents is 1. The van der Waals surface area contributed by atoms with Gasteiger partial charge in [0.25, 0.3) is 5.24 Å². The summed E-state index contributed by atoms with van der Waals surface area (Å²) in [5.41, 5.74) is -1.29. The summed E-state index contributed by atoms with van der Waals surface area (Å²) in [5, 5.41) is 9.46. The molecule has 0 unspecified atom stereocenters. The van der Waals surface area contributed by atoms with Crippen molar-refractivity contribution in [3.63, 3.8) is 0 Å². The standard InChI is InChI=1S/C8H3ClF3NO4/c9-7(14)4-1-2-6(17-8(10,11)12)5(3-4)13(15)16/h1-3H. The van der Waals surface area contributed by atoms with E-state index in [4.69, 9.17) is 11.6 Å². The summed E-state index contributed by atoms with van der Waals surface area (Å²) in [6.07, 6.45) is -5.06. The molecular weight excluding hydrogens is 267 g/mol. The summed E-state index contributed by atoms with van der Waals surface area (Å²) in [6, 6.07) is 2.15. The Bertz CT molecular complexity index is 474. The smallest absolute Gasteiger partial charge is 0.398 e. The van der Waals surface area contributed by atoms with E-state index in [1.807, 2.05) is 0 Å². The third-order valence-electron chi connectivity index (χ3n) is 1.61. The van der Waals surface area contributed by atoms with Crippen LogP contribution in [0.15, 0.2) is 18.2 Å². The summed E-state index contributed by atoms with van der Waals surface area (Å²) in [7, 11) is 0. The lowest BCUT2D eigenvalue weighted by Crippen LogP contribution is -2.18. The van der Waals surface area contributed by atoms with E-state index in [9.17, 15) is 28.1 Å². The fourth-order valence-corrected chi connectivity index (χ4v) is 1.11. The Morgan fingerprint density at radius 3 is 2.41 bits per heavy atom. The first-order chi connectivity index (χ1) is 7.70. The third kappa shape index (κ3) is 3.59. The highest BCUT2D eigenvalue weighted by Gasteiger charge is 2.34. The highest BCUT2D eigenvalue weighted by atomic mass is 35.5. The predicted molar refractivity (Wildman–Crippen MR) is 50.0 cm³/mol. The topological polar surface area (TPSA) is 69.4 Å². The van der Waals surface area contributed by atoms with Gasteiger partial charge in [-0.1, -0.05) is 0 Å². The molecule has 5 nitrogen and oxygen atoms in total. The molecule has 0 saturated carbocycles. The van der Waals surface area contributed by atoms with Crippen molar-refractivity contribution in [2.75, 3.05) is 0 Å². The number of halogens is 4. The van der Waals surface area contributed by atoms with E-state index in [0.717, 1.165) is 6.07 Å². The molecule has 0 heterocycles. The fraction of sp³-hybridized carbons (Fsp3) is 0.125. The van der Waals surface area contributed by atoms with E-state index >= 15 is 0 Å². The van der Waals surface area contributed by atoms with Crippen LogP contribution in [0.5, 0.6) is 5.75 Å². The van der Waals surface area contributed by atoms with E-state index in [1.165, 1.54) is 0 Å². The van der Waals surface area contributed by atoms with Gasteiger partial charge >= 0.3 is 12.0 Å². The van der Waals surface area contributed by atoms with Gasteiger partial charge in [0.2, 0.25) is 5.75 Å². The van der Waals surface area contributed by atoms with Gasteiger partial charge in [0.05, 0.1) is 4.92 Å². The highest BCUT2D eigenvalue weighted by molar-refractivity contribution is 6.67. The molecule has 0 aliphatic carbocycles. The zero-order chi connectivity index (χ0) is 13.2. The van der Waals surface area contributed by atoms with Crippen LogP contribution in [-0.4, -0.2) is 16.5 Å². The largest absolute Gasteiger partial charge is 0.573 e. The molecule has 0 spiro atoms. The molecule has 0 N–H and O–H groups in total. The molecule has 0 aliphatic heterocycles. The number of alkyl halides is 3. The minimum Gasteiger partial charge on any atom is -0.398 e. The lowest BCUT2D eigenvalue weighted by molar-refractivity contribution is -0.388.